The van der Waals surface area contributed by atoms with E-state index in [9.17, 15) is 0 Å². The minimum Gasteiger partial charge on any atom is -0.495 e. The van der Waals surface area contributed by atoms with Crippen LogP contribution in [0.5, 0.6) is 11.5 Å². The number of ether oxygens (including phenoxy) is 2. The van der Waals surface area contributed by atoms with Gasteiger partial charge in [0.2, 0.25) is 0 Å². The third kappa shape index (κ3) is 1.75. The summed E-state index contributed by atoms with van der Waals surface area (Å²) < 4.78 is 11.1. The fraction of sp³-hybridized carbons (Fsp3) is 0.294. The highest BCUT2D eigenvalue weighted by atomic mass is 16.5. The number of rotatable bonds is 2. The molecule has 2 aromatic rings. The summed E-state index contributed by atoms with van der Waals surface area (Å²) in [4.78, 5) is 4.75. The highest BCUT2D eigenvalue weighted by Gasteiger charge is 2.32. The zero-order valence-electron chi connectivity index (χ0n) is 12.3. The van der Waals surface area contributed by atoms with E-state index >= 15 is 0 Å². The molecule has 0 saturated carbocycles. The Balaban J connectivity index is 1.85. The molecule has 0 aromatic heterocycles. The maximum atomic E-state index is 5.55. The average Bonchev–Trinajstić information content (AvgIpc) is 2.53. The fourth-order valence-electron chi connectivity index (χ4n) is 3.45. The van der Waals surface area contributed by atoms with Gasteiger partial charge < -0.3 is 19.3 Å². The van der Waals surface area contributed by atoms with Gasteiger partial charge in [0.15, 0.2) is 0 Å². The van der Waals surface area contributed by atoms with Crippen LogP contribution in [-0.4, -0.2) is 20.9 Å². The first-order valence-corrected chi connectivity index (χ1v) is 7.13. The van der Waals surface area contributed by atoms with Crippen LogP contribution in [0.2, 0.25) is 0 Å². The van der Waals surface area contributed by atoms with Crippen molar-refractivity contribution < 1.29 is 9.47 Å². The summed E-state index contributed by atoms with van der Waals surface area (Å²) in [6.07, 6.45) is 0. The van der Waals surface area contributed by atoms with Crippen LogP contribution in [0.4, 0.5) is 11.4 Å². The minimum absolute atomic E-state index is 0.876. The summed E-state index contributed by atoms with van der Waals surface area (Å²) in [6, 6.07) is 12.5. The molecule has 2 aliphatic rings. The second-order valence-corrected chi connectivity index (χ2v) is 5.47. The summed E-state index contributed by atoms with van der Waals surface area (Å²) in [5.41, 5.74) is 5.06. The molecular weight excluding hydrogens is 264 g/mol. The molecule has 2 bridgehead atoms. The van der Waals surface area contributed by atoms with Crippen LogP contribution in [0, 0.1) is 0 Å². The van der Waals surface area contributed by atoms with E-state index in [0.29, 0.717) is 0 Å². The summed E-state index contributed by atoms with van der Waals surface area (Å²) >= 11 is 0. The van der Waals surface area contributed by atoms with Gasteiger partial charge in [-0.2, -0.15) is 0 Å². The lowest BCUT2D eigenvalue weighted by Gasteiger charge is -2.45. The van der Waals surface area contributed by atoms with Gasteiger partial charge >= 0.3 is 0 Å². The van der Waals surface area contributed by atoms with E-state index < -0.39 is 0 Å². The van der Waals surface area contributed by atoms with Crippen LogP contribution in [0.3, 0.4) is 0 Å². The Kier molecular flexibility index (Phi) is 2.70. The first kappa shape index (κ1) is 12.4. The van der Waals surface area contributed by atoms with Crippen LogP contribution >= 0.6 is 0 Å². The van der Waals surface area contributed by atoms with Crippen LogP contribution in [-0.2, 0) is 13.1 Å². The lowest BCUT2D eigenvalue weighted by molar-refractivity contribution is 0.407. The number of nitrogens with zero attached hydrogens (tertiary/aromatic N) is 2. The number of hydrogen-bond donors (Lipinski definition) is 0. The molecule has 4 rings (SSSR count). The van der Waals surface area contributed by atoms with Crippen LogP contribution in [0.15, 0.2) is 36.4 Å². The van der Waals surface area contributed by atoms with Crippen molar-refractivity contribution in [2.75, 3.05) is 30.7 Å². The van der Waals surface area contributed by atoms with Crippen LogP contribution in [0.1, 0.15) is 11.1 Å². The van der Waals surface area contributed by atoms with E-state index in [2.05, 4.69) is 34.1 Å². The van der Waals surface area contributed by atoms with Gasteiger partial charge in [-0.25, -0.2) is 0 Å². The Morgan fingerprint density at radius 2 is 1.24 bits per heavy atom. The van der Waals surface area contributed by atoms with Gasteiger partial charge in [0.25, 0.3) is 0 Å². The molecule has 0 unspecified atom stereocenters. The van der Waals surface area contributed by atoms with Crippen molar-refractivity contribution in [2.24, 2.45) is 0 Å². The molecule has 0 fully saturated rings. The first-order chi connectivity index (χ1) is 10.3. The van der Waals surface area contributed by atoms with E-state index in [4.69, 9.17) is 9.47 Å². The highest BCUT2D eigenvalue weighted by Crippen LogP contribution is 2.45. The third-order valence-electron chi connectivity index (χ3n) is 4.30. The maximum absolute atomic E-state index is 5.55. The summed E-state index contributed by atoms with van der Waals surface area (Å²) in [6.45, 7) is 2.65. The summed E-state index contributed by atoms with van der Waals surface area (Å²) in [5, 5.41) is 0. The second kappa shape index (κ2) is 4.58. The fourth-order valence-corrected chi connectivity index (χ4v) is 3.45. The normalized spacial score (nSPS) is 15.3. The number of hydrogen-bond acceptors (Lipinski definition) is 4. The van der Waals surface area contributed by atoms with Crippen molar-refractivity contribution in [3.8, 4) is 11.5 Å². The molecule has 21 heavy (non-hydrogen) atoms. The molecule has 0 aliphatic carbocycles. The molecule has 0 amide bonds. The number of fused-ring (bicyclic) bond motifs is 6. The number of para-hydroxylation sites is 2. The van der Waals surface area contributed by atoms with Crippen molar-refractivity contribution in [1.82, 2.24) is 0 Å². The van der Waals surface area contributed by atoms with Crippen molar-refractivity contribution in [1.29, 1.82) is 0 Å². The highest BCUT2D eigenvalue weighted by molar-refractivity contribution is 5.75. The number of benzene rings is 2. The van der Waals surface area contributed by atoms with E-state index in [-0.39, 0.29) is 0 Å². The van der Waals surface area contributed by atoms with Crippen molar-refractivity contribution in [3.63, 3.8) is 0 Å². The molecule has 2 aliphatic heterocycles. The molecule has 2 heterocycles. The zero-order valence-corrected chi connectivity index (χ0v) is 12.3. The largest absolute Gasteiger partial charge is 0.495 e. The van der Waals surface area contributed by atoms with Gasteiger partial charge in [-0.3, -0.25) is 0 Å². The molecule has 0 saturated heterocycles. The Bertz CT molecular complexity index is 640. The molecule has 0 atom stereocenters. The van der Waals surface area contributed by atoms with Crippen molar-refractivity contribution in [2.45, 2.75) is 13.1 Å². The summed E-state index contributed by atoms with van der Waals surface area (Å²) in [7, 11) is 3.48. The predicted octanol–water partition coefficient (Wildman–Crippen LogP) is 3.00. The predicted molar refractivity (Wildman–Crippen MR) is 83.2 cm³/mol. The Labute approximate surface area is 124 Å². The molecule has 4 nitrogen and oxygen atoms in total. The van der Waals surface area contributed by atoms with Gasteiger partial charge in [-0.15, -0.1) is 0 Å². The number of methoxy groups -OCH3 is 2. The SMILES string of the molecule is COc1cccc2c1N1Cc3cccc(OC)c3N(C2)C1. The second-order valence-electron chi connectivity index (χ2n) is 5.47. The molecule has 0 radical (unpaired) electrons. The topological polar surface area (TPSA) is 24.9 Å². The lowest BCUT2D eigenvalue weighted by Crippen LogP contribution is -2.46. The van der Waals surface area contributed by atoms with Gasteiger partial charge in [-0.05, 0) is 23.3 Å². The van der Waals surface area contributed by atoms with Gasteiger partial charge in [-0.1, -0.05) is 24.3 Å². The summed E-state index contributed by atoms with van der Waals surface area (Å²) in [5.74, 6) is 1.91. The monoisotopic (exact) mass is 282 g/mol. The van der Waals surface area contributed by atoms with Crippen LogP contribution < -0.4 is 19.3 Å². The zero-order chi connectivity index (χ0) is 14.4. The van der Waals surface area contributed by atoms with Crippen LogP contribution in [0.25, 0.3) is 0 Å². The Hall–Kier alpha value is -2.36. The Morgan fingerprint density at radius 1 is 0.762 bits per heavy atom. The number of anilines is 2. The van der Waals surface area contributed by atoms with Crippen molar-refractivity contribution >= 4 is 11.4 Å². The van der Waals surface area contributed by atoms with Gasteiger partial charge in [0.05, 0.1) is 32.3 Å². The quantitative estimate of drug-likeness (QED) is 0.845. The van der Waals surface area contributed by atoms with Gasteiger partial charge in [0, 0.05) is 13.1 Å². The molecule has 4 heteroatoms. The molecule has 0 spiro atoms. The molecular formula is C17H18N2O2. The molecule has 0 N–H and O–H groups in total. The van der Waals surface area contributed by atoms with E-state index in [1.54, 1.807) is 14.2 Å². The minimum atomic E-state index is 0.876. The van der Waals surface area contributed by atoms with Gasteiger partial charge in [0.1, 0.15) is 11.5 Å². The smallest absolute Gasteiger partial charge is 0.142 e. The molecule has 2 aromatic carbocycles. The first-order valence-electron chi connectivity index (χ1n) is 7.13. The molecule has 108 valence electrons. The van der Waals surface area contributed by atoms with E-state index in [1.807, 2.05) is 12.1 Å². The standard InChI is InChI=1S/C17H18N2O2/c1-20-14-7-3-5-12-9-19-11-18(16(12)14)10-13-6-4-8-15(21-2)17(13)19/h3-8H,9-11H2,1-2H3. The van der Waals surface area contributed by atoms with E-state index in [0.717, 1.165) is 31.3 Å². The maximum Gasteiger partial charge on any atom is 0.142 e. The van der Waals surface area contributed by atoms with Crippen molar-refractivity contribution in [3.05, 3.63) is 47.5 Å². The van der Waals surface area contributed by atoms with E-state index in [1.165, 1.54) is 22.5 Å². The third-order valence-corrected chi connectivity index (χ3v) is 4.30. The Morgan fingerprint density at radius 3 is 1.67 bits per heavy atom. The average molecular weight is 282 g/mol. The lowest BCUT2D eigenvalue weighted by atomic mass is 10.0.